The predicted octanol–water partition coefficient (Wildman–Crippen LogP) is 1.38. The summed E-state index contributed by atoms with van der Waals surface area (Å²) >= 11 is 0. The lowest BCUT2D eigenvalue weighted by Gasteiger charge is -2.08. The van der Waals surface area contributed by atoms with Gasteiger partial charge in [-0.05, 0) is 26.0 Å². The van der Waals surface area contributed by atoms with Crippen molar-refractivity contribution < 1.29 is 4.74 Å². The van der Waals surface area contributed by atoms with Gasteiger partial charge in [-0.3, -0.25) is 22.9 Å². The molecule has 4 aromatic rings. The van der Waals surface area contributed by atoms with Crippen LogP contribution in [0.2, 0.25) is 0 Å². The first-order valence-electron chi connectivity index (χ1n) is 8.33. The first-order valence-corrected chi connectivity index (χ1v) is 8.33. The second-order valence-electron chi connectivity index (χ2n) is 6.20. The molecule has 0 bridgehead atoms. The van der Waals surface area contributed by atoms with E-state index in [-0.39, 0.29) is 5.56 Å². The Bertz CT molecular complexity index is 1270. The van der Waals surface area contributed by atoms with Crippen LogP contribution in [0.4, 0.5) is 0 Å². The molecule has 0 saturated heterocycles. The summed E-state index contributed by atoms with van der Waals surface area (Å²) in [5.74, 6) is 1.33. The van der Waals surface area contributed by atoms with E-state index in [9.17, 15) is 9.59 Å². The fourth-order valence-electron chi connectivity index (χ4n) is 3.28. The van der Waals surface area contributed by atoms with Gasteiger partial charge in [0, 0.05) is 32.1 Å². The molecule has 0 radical (unpaired) electrons. The molecule has 0 amide bonds. The van der Waals surface area contributed by atoms with Crippen LogP contribution in [0.15, 0.2) is 40.1 Å². The lowest BCUT2D eigenvalue weighted by Crippen LogP contribution is -2.37. The zero-order chi connectivity index (χ0) is 18.6. The van der Waals surface area contributed by atoms with Gasteiger partial charge >= 0.3 is 5.69 Å². The Balaban J connectivity index is 2.09. The van der Waals surface area contributed by atoms with E-state index < -0.39 is 5.69 Å². The molecule has 0 unspecified atom stereocenters. The second kappa shape index (κ2) is 5.62. The van der Waals surface area contributed by atoms with Crippen LogP contribution in [0.3, 0.4) is 0 Å². The van der Waals surface area contributed by atoms with Gasteiger partial charge in [0.1, 0.15) is 5.75 Å². The van der Waals surface area contributed by atoms with Crippen molar-refractivity contribution in [1.82, 2.24) is 23.1 Å². The summed E-state index contributed by atoms with van der Waals surface area (Å²) < 4.78 is 11.7. The predicted molar refractivity (Wildman–Crippen MR) is 98.4 cm³/mol. The lowest BCUT2D eigenvalue weighted by atomic mass is 10.3. The molecule has 1 aromatic carbocycles. The number of hydrogen-bond donors (Lipinski definition) is 0. The van der Waals surface area contributed by atoms with Gasteiger partial charge in [0.25, 0.3) is 5.56 Å². The third-order valence-electron chi connectivity index (χ3n) is 4.53. The standard InChI is InChI=1S/C18H19N5O3/c1-5-26-13-8-6-7-12(9-13)23-11(2)10-22-14-15(19-17(22)23)20(3)18(25)21(4)16(14)24/h6-10H,5H2,1-4H3. The maximum atomic E-state index is 12.6. The zero-order valence-electron chi connectivity index (χ0n) is 15.1. The van der Waals surface area contributed by atoms with Crippen LogP contribution in [0.5, 0.6) is 5.75 Å². The molecule has 26 heavy (non-hydrogen) atoms. The van der Waals surface area contributed by atoms with E-state index in [1.165, 1.54) is 11.6 Å². The molecule has 3 heterocycles. The minimum atomic E-state index is -0.398. The van der Waals surface area contributed by atoms with Gasteiger partial charge in [0.05, 0.1) is 12.3 Å². The quantitative estimate of drug-likeness (QED) is 0.558. The van der Waals surface area contributed by atoms with Crippen LogP contribution in [-0.2, 0) is 14.1 Å². The van der Waals surface area contributed by atoms with Crippen molar-refractivity contribution in [2.24, 2.45) is 14.1 Å². The molecule has 0 spiro atoms. The number of fused-ring (bicyclic) bond motifs is 3. The van der Waals surface area contributed by atoms with Gasteiger partial charge in [-0.2, -0.15) is 4.98 Å². The van der Waals surface area contributed by atoms with Crippen molar-refractivity contribution in [3.63, 3.8) is 0 Å². The van der Waals surface area contributed by atoms with E-state index >= 15 is 0 Å². The van der Waals surface area contributed by atoms with E-state index in [1.807, 2.05) is 48.9 Å². The molecular formula is C18H19N5O3. The summed E-state index contributed by atoms with van der Waals surface area (Å²) in [4.78, 5) is 29.4. The van der Waals surface area contributed by atoms with Gasteiger partial charge in [-0.15, -0.1) is 0 Å². The van der Waals surface area contributed by atoms with Crippen LogP contribution in [-0.4, -0.2) is 29.7 Å². The highest BCUT2D eigenvalue weighted by molar-refractivity contribution is 5.76. The average Bonchev–Trinajstić information content (AvgIpc) is 3.13. The topological polar surface area (TPSA) is 75.5 Å². The molecule has 0 saturated carbocycles. The van der Waals surface area contributed by atoms with Gasteiger partial charge in [0.15, 0.2) is 11.2 Å². The Hall–Kier alpha value is -3.29. The maximum Gasteiger partial charge on any atom is 0.332 e. The van der Waals surface area contributed by atoms with Crippen molar-refractivity contribution >= 4 is 16.9 Å². The average molecular weight is 353 g/mol. The molecule has 0 aliphatic rings. The van der Waals surface area contributed by atoms with Crippen LogP contribution in [0.1, 0.15) is 12.6 Å². The minimum absolute atomic E-state index is 0.364. The van der Waals surface area contributed by atoms with Crippen molar-refractivity contribution in [1.29, 1.82) is 0 Å². The molecule has 0 aliphatic carbocycles. The fraction of sp³-hybridized carbons (Fsp3) is 0.278. The fourth-order valence-corrected chi connectivity index (χ4v) is 3.28. The largest absolute Gasteiger partial charge is 0.494 e. The number of benzene rings is 1. The minimum Gasteiger partial charge on any atom is -0.494 e. The van der Waals surface area contributed by atoms with Crippen molar-refractivity contribution in [2.45, 2.75) is 13.8 Å². The van der Waals surface area contributed by atoms with Crippen LogP contribution < -0.4 is 16.0 Å². The summed E-state index contributed by atoms with van der Waals surface area (Å²) in [6.07, 6.45) is 1.85. The Morgan fingerprint density at radius 1 is 1.15 bits per heavy atom. The molecule has 0 N–H and O–H groups in total. The smallest absolute Gasteiger partial charge is 0.332 e. The SMILES string of the molecule is CCOc1cccc(-n2c(C)cn3c4c(=O)n(C)c(=O)n(C)c4nc23)c1. The third-order valence-corrected chi connectivity index (χ3v) is 4.53. The van der Waals surface area contributed by atoms with Gasteiger partial charge in [-0.1, -0.05) is 6.07 Å². The number of ether oxygens (including phenoxy) is 1. The first-order chi connectivity index (χ1) is 12.4. The molecular weight excluding hydrogens is 334 g/mol. The highest BCUT2D eigenvalue weighted by Gasteiger charge is 2.19. The van der Waals surface area contributed by atoms with E-state index in [4.69, 9.17) is 4.74 Å². The van der Waals surface area contributed by atoms with E-state index in [0.29, 0.717) is 23.5 Å². The Morgan fingerprint density at radius 2 is 1.92 bits per heavy atom. The first kappa shape index (κ1) is 16.2. The maximum absolute atomic E-state index is 12.6. The van der Waals surface area contributed by atoms with Gasteiger partial charge in [-0.25, -0.2) is 4.79 Å². The second-order valence-corrected chi connectivity index (χ2v) is 6.20. The highest BCUT2D eigenvalue weighted by Crippen LogP contribution is 2.23. The Labute approximate surface area is 148 Å². The zero-order valence-corrected chi connectivity index (χ0v) is 15.1. The number of aryl methyl sites for hydroxylation is 2. The molecule has 0 fully saturated rings. The molecule has 8 heteroatoms. The van der Waals surface area contributed by atoms with Crippen LogP contribution >= 0.6 is 0 Å². The third kappa shape index (κ3) is 2.11. The highest BCUT2D eigenvalue weighted by atomic mass is 16.5. The Kier molecular flexibility index (Phi) is 3.50. The van der Waals surface area contributed by atoms with Crippen molar-refractivity contribution in [2.75, 3.05) is 6.61 Å². The molecule has 8 nitrogen and oxygen atoms in total. The summed E-state index contributed by atoms with van der Waals surface area (Å²) in [6.45, 7) is 4.46. The van der Waals surface area contributed by atoms with E-state index in [2.05, 4.69) is 4.98 Å². The van der Waals surface area contributed by atoms with Gasteiger partial charge in [0.2, 0.25) is 5.78 Å². The normalized spacial score (nSPS) is 11.5. The monoisotopic (exact) mass is 353 g/mol. The van der Waals surface area contributed by atoms with E-state index in [1.54, 1.807) is 11.4 Å². The number of nitrogens with zero attached hydrogens (tertiary/aromatic N) is 5. The summed E-state index contributed by atoms with van der Waals surface area (Å²) in [6, 6.07) is 7.68. The number of rotatable bonds is 3. The van der Waals surface area contributed by atoms with Crippen molar-refractivity contribution in [3.8, 4) is 11.4 Å². The summed E-state index contributed by atoms with van der Waals surface area (Å²) in [7, 11) is 3.09. The molecule has 0 aliphatic heterocycles. The molecule has 3 aromatic heterocycles. The lowest BCUT2D eigenvalue weighted by molar-refractivity contribution is 0.340. The van der Waals surface area contributed by atoms with E-state index in [0.717, 1.165) is 21.7 Å². The number of imidazole rings is 2. The van der Waals surface area contributed by atoms with Crippen molar-refractivity contribution in [3.05, 3.63) is 57.0 Å². The number of hydrogen-bond acceptors (Lipinski definition) is 4. The molecule has 134 valence electrons. The summed E-state index contributed by atoms with van der Waals surface area (Å²) in [5, 5.41) is 0. The van der Waals surface area contributed by atoms with Crippen LogP contribution in [0, 0.1) is 6.92 Å². The van der Waals surface area contributed by atoms with Crippen LogP contribution in [0.25, 0.3) is 22.6 Å². The van der Waals surface area contributed by atoms with Gasteiger partial charge < -0.3 is 4.74 Å². The summed E-state index contributed by atoms with van der Waals surface area (Å²) in [5.41, 5.74) is 1.77. The Morgan fingerprint density at radius 3 is 2.65 bits per heavy atom. The molecule has 0 atom stereocenters. The number of aromatic nitrogens is 5. The molecule has 4 rings (SSSR count).